The van der Waals surface area contributed by atoms with Crippen molar-refractivity contribution in [2.24, 2.45) is 0 Å². The minimum absolute atomic E-state index is 0.826. The molecule has 1 aliphatic heterocycles. The van der Waals surface area contributed by atoms with Gasteiger partial charge in [0.25, 0.3) is 0 Å². The van der Waals surface area contributed by atoms with Crippen LogP contribution in [0.1, 0.15) is 5.56 Å². The molecule has 2 heterocycles. The van der Waals surface area contributed by atoms with Crippen LogP contribution < -0.4 is 9.80 Å². The summed E-state index contributed by atoms with van der Waals surface area (Å²) < 4.78 is 1.12. The zero-order valence-electron chi connectivity index (χ0n) is 11.5. The predicted molar refractivity (Wildman–Crippen MR) is 93.2 cm³/mol. The summed E-state index contributed by atoms with van der Waals surface area (Å²) in [5.74, 6) is 0.826. The molecule has 1 saturated heterocycles. The highest BCUT2D eigenvalue weighted by atomic mass is 79.9. The van der Waals surface area contributed by atoms with E-state index in [9.17, 15) is 0 Å². The molecule has 0 aliphatic carbocycles. The summed E-state index contributed by atoms with van der Waals surface area (Å²) in [6.07, 6.45) is 3.60. The Balaban J connectivity index is 1.73. The van der Waals surface area contributed by atoms with E-state index in [4.69, 9.17) is 0 Å². The maximum Gasteiger partial charge on any atom is 0.225 e. The molecule has 1 aromatic carbocycles. The summed E-state index contributed by atoms with van der Waals surface area (Å²) in [4.78, 5) is 13.3. The van der Waals surface area contributed by atoms with Crippen LogP contribution in [0.25, 0.3) is 0 Å². The molecule has 0 saturated carbocycles. The fourth-order valence-corrected chi connectivity index (χ4v) is 3.37. The second kappa shape index (κ2) is 6.75. The number of hydrogen-bond donors (Lipinski definition) is 0. The standard InChI is InChI=1S/C15H16Br2N4/c16-11-12-2-3-13(17)10-14(12)20-6-8-21(9-7-20)15-18-4-1-5-19-15/h1-5,10H,6-9,11H2. The van der Waals surface area contributed by atoms with Crippen LogP contribution in [0.4, 0.5) is 11.6 Å². The van der Waals surface area contributed by atoms with Crippen LogP contribution in [-0.4, -0.2) is 36.1 Å². The highest BCUT2D eigenvalue weighted by Crippen LogP contribution is 2.28. The Labute approximate surface area is 141 Å². The monoisotopic (exact) mass is 410 g/mol. The minimum Gasteiger partial charge on any atom is -0.368 e. The van der Waals surface area contributed by atoms with Crippen LogP contribution in [0.15, 0.2) is 41.1 Å². The molecule has 110 valence electrons. The lowest BCUT2D eigenvalue weighted by Crippen LogP contribution is -2.47. The third-order valence-corrected chi connectivity index (χ3v) is 4.74. The Kier molecular flexibility index (Phi) is 4.75. The molecule has 0 bridgehead atoms. The highest BCUT2D eigenvalue weighted by Gasteiger charge is 2.20. The smallest absolute Gasteiger partial charge is 0.225 e. The fourth-order valence-electron chi connectivity index (χ4n) is 2.55. The second-order valence-electron chi connectivity index (χ2n) is 4.93. The van der Waals surface area contributed by atoms with Crippen molar-refractivity contribution in [1.29, 1.82) is 0 Å². The Bertz CT molecular complexity index is 598. The van der Waals surface area contributed by atoms with Gasteiger partial charge < -0.3 is 9.80 Å². The lowest BCUT2D eigenvalue weighted by Gasteiger charge is -2.37. The number of hydrogen-bond acceptors (Lipinski definition) is 4. The van der Waals surface area contributed by atoms with Crippen LogP contribution in [0.3, 0.4) is 0 Å². The van der Waals surface area contributed by atoms with Crippen molar-refractivity contribution in [2.45, 2.75) is 5.33 Å². The summed E-state index contributed by atoms with van der Waals surface area (Å²) in [6, 6.07) is 8.31. The first-order valence-corrected chi connectivity index (χ1v) is 8.80. The van der Waals surface area contributed by atoms with Gasteiger partial charge in [0.05, 0.1) is 0 Å². The number of halogens is 2. The van der Waals surface area contributed by atoms with E-state index in [1.807, 2.05) is 6.07 Å². The molecular weight excluding hydrogens is 396 g/mol. The van der Waals surface area contributed by atoms with Gasteiger partial charge in [0, 0.05) is 54.1 Å². The van der Waals surface area contributed by atoms with E-state index in [1.165, 1.54) is 11.3 Å². The largest absolute Gasteiger partial charge is 0.368 e. The van der Waals surface area contributed by atoms with E-state index < -0.39 is 0 Å². The van der Waals surface area contributed by atoms with E-state index in [0.717, 1.165) is 41.9 Å². The molecule has 0 N–H and O–H groups in total. The van der Waals surface area contributed by atoms with E-state index in [-0.39, 0.29) is 0 Å². The minimum atomic E-state index is 0.826. The van der Waals surface area contributed by atoms with Crippen molar-refractivity contribution in [3.05, 3.63) is 46.7 Å². The Hall–Kier alpha value is -1.14. The van der Waals surface area contributed by atoms with Gasteiger partial charge in [0.1, 0.15) is 0 Å². The Morgan fingerprint density at radius 2 is 1.67 bits per heavy atom. The van der Waals surface area contributed by atoms with Crippen molar-refractivity contribution in [2.75, 3.05) is 36.0 Å². The first-order chi connectivity index (χ1) is 10.3. The molecule has 0 atom stereocenters. The molecule has 0 unspecified atom stereocenters. The second-order valence-corrected chi connectivity index (χ2v) is 6.41. The average Bonchev–Trinajstić information content (AvgIpc) is 2.56. The average molecular weight is 412 g/mol. The Morgan fingerprint density at radius 1 is 1.00 bits per heavy atom. The van der Waals surface area contributed by atoms with E-state index >= 15 is 0 Å². The lowest BCUT2D eigenvalue weighted by molar-refractivity contribution is 0.639. The summed E-state index contributed by atoms with van der Waals surface area (Å²) in [5, 5.41) is 0.873. The number of benzene rings is 1. The molecular formula is C15H16Br2N4. The van der Waals surface area contributed by atoms with Gasteiger partial charge in [-0.15, -0.1) is 0 Å². The first kappa shape index (κ1) is 14.8. The van der Waals surface area contributed by atoms with Crippen molar-refractivity contribution >= 4 is 43.5 Å². The normalized spacial score (nSPS) is 15.3. The molecule has 2 aromatic rings. The quantitative estimate of drug-likeness (QED) is 0.724. The SMILES string of the molecule is BrCc1ccc(Br)cc1N1CCN(c2ncccn2)CC1. The zero-order valence-corrected chi connectivity index (χ0v) is 14.7. The Morgan fingerprint density at radius 3 is 2.33 bits per heavy atom. The van der Waals surface area contributed by atoms with Crippen molar-refractivity contribution in [1.82, 2.24) is 9.97 Å². The van der Waals surface area contributed by atoms with Crippen molar-refractivity contribution in [3.63, 3.8) is 0 Å². The molecule has 4 nitrogen and oxygen atoms in total. The zero-order chi connectivity index (χ0) is 14.7. The lowest BCUT2D eigenvalue weighted by atomic mass is 10.1. The van der Waals surface area contributed by atoms with Crippen molar-refractivity contribution < 1.29 is 0 Å². The molecule has 6 heteroatoms. The van der Waals surface area contributed by atoms with Gasteiger partial charge >= 0.3 is 0 Å². The first-order valence-electron chi connectivity index (χ1n) is 6.89. The maximum atomic E-state index is 4.33. The maximum absolute atomic E-state index is 4.33. The molecule has 0 spiro atoms. The van der Waals surface area contributed by atoms with Crippen LogP contribution in [0.5, 0.6) is 0 Å². The van der Waals surface area contributed by atoms with Gasteiger partial charge in [0.2, 0.25) is 5.95 Å². The van der Waals surface area contributed by atoms with Crippen LogP contribution in [0.2, 0.25) is 0 Å². The van der Waals surface area contributed by atoms with Crippen molar-refractivity contribution in [3.8, 4) is 0 Å². The molecule has 0 radical (unpaired) electrons. The molecule has 0 amide bonds. The molecule has 1 aliphatic rings. The summed E-state index contributed by atoms with van der Waals surface area (Å²) in [6.45, 7) is 3.85. The van der Waals surface area contributed by atoms with Gasteiger partial charge in [-0.1, -0.05) is 37.9 Å². The van der Waals surface area contributed by atoms with Gasteiger partial charge in [-0.3, -0.25) is 0 Å². The fraction of sp³-hybridized carbons (Fsp3) is 0.333. The number of rotatable bonds is 3. The van der Waals surface area contributed by atoms with Gasteiger partial charge in [-0.2, -0.15) is 0 Å². The van der Waals surface area contributed by atoms with E-state index in [0.29, 0.717) is 0 Å². The number of alkyl halides is 1. The number of aromatic nitrogens is 2. The van der Waals surface area contributed by atoms with E-state index in [1.54, 1.807) is 12.4 Å². The van der Waals surface area contributed by atoms with Crippen LogP contribution in [0, 0.1) is 0 Å². The van der Waals surface area contributed by atoms with Crippen LogP contribution >= 0.6 is 31.9 Å². The topological polar surface area (TPSA) is 32.3 Å². The van der Waals surface area contributed by atoms with Gasteiger partial charge in [-0.05, 0) is 23.8 Å². The third-order valence-electron chi connectivity index (χ3n) is 3.65. The molecule has 3 rings (SSSR count). The summed E-state index contributed by atoms with van der Waals surface area (Å²) >= 11 is 7.14. The highest BCUT2D eigenvalue weighted by molar-refractivity contribution is 9.10. The van der Waals surface area contributed by atoms with Gasteiger partial charge in [-0.25, -0.2) is 9.97 Å². The molecule has 1 aromatic heterocycles. The number of anilines is 2. The number of nitrogens with zero attached hydrogens (tertiary/aromatic N) is 4. The van der Waals surface area contributed by atoms with Gasteiger partial charge in [0.15, 0.2) is 0 Å². The van der Waals surface area contributed by atoms with Crippen LogP contribution in [-0.2, 0) is 5.33 Å². The van der Waals surface area contributed by atoms with E-state index in [2.05, 4.69) is 69.8 Å². The summed E-state index contributed by atoms with van der Waals surface area (Å²) in [5.41, 5.74) is 2.62. The number of piperazine rings is 1. The molecule has 21 heavy (non-hydrogen) atoms. The predicted octanol–water partition coefficient (Wildman–Crippen LogP) is 3.46. The third kappa shape index (κ3) is 3.37. The summed E-state index contributed by atoms with van der Waals surface area (Å²) in [7, 11) is 0. The molecule has 1 fully saturated rings.